The number of hydrogen-bond acceptors (Lipinski definition) is 4. The number of carbonyl (C=O) groups is 1. The van der Waals surface area contributed by atoms with Gasteiger partial charge in [0.05, 0.1) is 7.05 Å². The summed E-state index contributed by atoms with van der Waals surface area (Å²) in [5, 5.41) is 10.2. The minimum absolute atomic E-state index is 0.0887. The van der Waals surface area contributed by atoms with Crippen molar-refractivity contribution >= 4 is 28.6 Å². The van der Waals surface area contributed by atoms with Crippen molar-refractivity contribution in [1.29, 1.82) is 0 Å². The Bertz CT molecular complexity index is 549. The molecule has 0 saturated carbocycles. The van der Waals surface area contributed by atoms with Gasteiger partial charge in [0.2, 0.25) is 0 Å². The third-order valence-corrected chi connectivity index (χ3v) is 4.34. The third-order valence-electron chi connectivity index (χ3n) is 2.71. The Morgan fingerprint density at radius 3 is 2.90 bits per heavy atom. The summed E-state index contributed by atoms with van der Waals surface area (Å²) in [4.78, 5) is 17.5. The predicted octanol–water partition coefficient (Wildman–Crippen LogP) is 1.41. The number of likely N-dealkylation sites (N-methyl/N-ethyl adjacent to an activating group) is 1. The fourth-order valence-electron chi connectivity index (χ4n) is 1.93. The molecule has 1 amide bonds. The van der Waals surface area contributed by atoms with Crippen molar-refractivity contribution < 1.29 is 9.69 Å². The average molecular weight is 310 g/mol. The molecule has 2 heterocycles. The van der Waals surface area contributed by atoms with Crippen LogP contribution in [0.5, 0.6) is 0 Å². The highest BCUT2D eigenvalue weighted by Crippen LogP contribution is 2.25. The molecule has 0 fully saturated rings. The Hall–Kier alpha value is -1.24. The van der Waals surface area contributed by atoms with Gasteiger partial charge in [-0.05, 0) is 25.3 Å². The molecular formula is C14H20N3OS2+. The number of quaternary nitrogens is 1. The highest BCUT2D eigenvalue weighted by molar-refractivity contribution is 7.14. The van der Waals surface area contributed by atoms with Crippen LogP contribution in [0.4, 0.5) is 0 Å². The average Bonchev–Trinajstić information content (AvgIpc) is 2.96. The van der Waals surface area contributed by atoms with E-state index in [4.69, 9.17) is 0 Å². The zero-order valence-electron chi connectivity index (χ0n) is 12.0. The molecule has 0 saturated heterocycles. The normalized spacial score (nSPS) is 12.6. The van der Waals surface area contributed by atoms with Crippen molar-refractivity contribution in [3.8, 4) is 10.6 Å². The zero-order chi connectivity index (χ0) is 14.5. The summed E-state index contributed by atoms with van der Waals surface area (Å²) in [5.41, 5.74) is 2.23. The molecule has 2 aromatic rings. The summed E-state index contributed by atoms with van der Waals surface area (Å²) in [7, 11) is 2.02. The molecule has 0 aliphatic heterocycles. The minimum Gasteiger partial charge on any atom is -0.349 e. The number of amides is 1. The van der Waals surface area contributed by atoms with Gasteiger partial charge in [-0.3, -0.25) is 4.79 Å². The van der Waals surface area contributed by atoms with Crippen molar-refractivity contribution in [3.05, 3.63) is 27.9 Å². The SMILES string of the molecule is CC(C)NC(=O)C[NH+](C)Cc1csc(-c2ccsc2)n1. The first-order valence-corrected chi connectivity index (χ1v) is 8.44. The van der Waals surface area contributed by atoms with Crippen molar-refractivity contribution in [1.82, 2.24) is 10.3 Å². The van der Waals surface area contributed by atoms with E-state index in [0.717, 1.165) is 22.1 Å². The molecule has 0 bridgehead atoms. The Kier molecular flexibility index (Phi) is 5.28. The molecule has 2 rings (SSSR count). The maximum Gasteiger partial charge on any atom is 0.275 e. The number of hydrogen-bond donors (Lipinski definition) is 2. The highest BCUT2D eigenvalue weighted by atomic mass is 32.1. The number of thiophene rings is 1. The van der Waals surface area contributed by atoms with Crippen LogP contribution in [-0.2, 0) is 11.3 Å². The number of aromatic nitrogens is 1. The van der Waals surface area contributed by atoms with Gasteiger partial charge >= 0.3 is 0 Å². The number of carbonyl (C=O) groups excluding carboxylic acids is 1. The van der Waals surface area contributed by atoms with Crippen LogP contribution < -0.4 is 10.2 Å². The molecule has 4 nitrogen and oxygen atoms in total. The molecule has 0 aromatic carbocycles. The smallest absolute Gasteiger partial charge is 0.275 e. The molecule has 2 N–H and O–H groups in total. The number of thiazole rings is 1. The van der Waals surface area contributed by atoms with Crippen LogP contribution in [0, 0.1) is 0 Å². The minimum atomic E-state index is 0.0887. The van der Waals surface area contributed by atoms with E-state index in [-0.39, 0.29) is 11.9 Å². The molecule has 20 heavy (non-hydrogen) atoms. The van der Waals surface area contributed by atoms with E-state index >= 15 is 0 Å². The third kappa shape index (κ3) is 4.40. The molecule has 1 unspecified atom stereocenters. The van der Waals surface area contributed by atoms with Gasteiger partial charge in [0.1, 0.15) is 17.2 Å². The van der Waals surface area contributed by atoms with Gasteiger partial charge in [0.25, 0.3) is 5.91 Å². The van der Waals surface area contributed by atoms with E-state index in [0.29, 0.717) is 6.54 Å². The monoisotopic (exact) mass is 310 g/mol. The largest absolute Gasteiger partial charge is 0.349 e. The molecule has 2 aromatic heterocycles. The Morgan fingerprint density at radius 1 is 1.45 bits per heavy atom. The van der Waals surface area contributed by atoms with E-state index in [9.17, 15) is 4.79 Å². The topological polar surface area (TPSA) is 46.4 Å². The molecule has 1 atom stereocenters. The molecule has 0 spiro atoms. The van der Waals surface area contributed by atoms with Crippen LogP contribution >= 0.6 is 22.7 Å². The first-order valence-electron chi connectivity index (χ1n) is 6.62. The van der Waals surface area contributed by atoms with Crippen molar-refractivity contribution in [2.45, 2.75) is 26.4 Å². The second kappa shape index (κ2) is 6.97. The Morgan fingerprint density at radius 2 is 2.25 bits per heavy atom. The lowest BCUT2D eigenvalue weighted by atomic mass is 10.3. The lowest BCUT2D eigenvalue weighted by molar-refractivity contribution is -0.885. The second-order valence-electron chi connectivity index (χ2n) is 5.19. The molecule has 0 aliphatic rings. The van der Waals surface area contributed by atoms with Crippen LogP contribution in [0.25, 0.3) is 10.6 Å². The van der Waals surface area contributed by atoms with Gasteiger partial charge < -0.3 is 10.2 Å². The summed E-state index contributed by atoms with van der Waals surface area (Å²) >= 11 is 3.34. The van der Waals surface area contributed by atoms with Crippen LogP contribution in [0.15, 0.2) is 22.2 Å². The summed E-state index contributed by atoms with van der Waals surface area (Å²) in [6.45, 7) is 5.19. The lowest BCUT2D eigenvalue weighted by Gasteiger charge is -2.13. The number of nitrogens with zero attached hydrogens (tertiary/aromatic N) is 1. The first kappa shape index (κ1) is 15.2. The fourth-order valence-corrected chi connectivity index (χ4v) is 3.46. The van der Waals surface area contributed by atoms with Gasteiger partial charge in [-0.1, -0.05) is 0 Å². The second-order valence-corrected chi connectivity index (χ2v) is 6.83. The van der Waals surface area contributed by atoms with Crippen LogP contribution in [0.3, 0.4) is 0 Å². The Labute approximate surface area is 127 Å². The van der Waals surface area contributed by atoms with Crippen molar-refractivity contribution in [3.63, 3.8) is 0 Å². The molecule has 6 heteroatoms. The summed E-state index contributed by atoms with van der Waals surface area (Å²) in [6.07, 6.45) is 0. The van der Waals surface area contributed by atoms with Crippen LogP contribution in [0.1, 0.15) is 19.5 Å². The maximum atomic E-state index is 11.7. The van der Waals surface area contributed by atoms with E-state index in [2.05, 4.69) is 32.5 Å². The number of nitrogens with one attached hydrogen (secondary N) is 2. The molecular weight excluding hydrogens is 290 g/mol. The van der Waals surface area contributed by atoms with Crippen LogP contribution in [0.2, 0.25) is 0 Å². The van der Waals surface area contributed by atoms with Gasteiger partial charge in [-0.15, -0.1) is 11.3 Å². The van der Waals surface area contributed by atoms with Crippen molar-refractivity contribution in [2.24, 2.45) is 0 Å². The summed E-state index contributed by atoms with van der Waals surface area (Å²) < 4.78 is 0. The predicted molar refractivity (Wildman–Crippen MR) is 84.2 cm³/mol. The fraction of sp³-hybridized carbons (Fsp3) is 0.429. The quantitative estimate of drug-likeness (QED) is 0.847. The summed E-state index contributed by atoms with van der Waals surface area (Å²) in [6, 6.07) is 2.28. The first-order chi connectivity index (χ1) is 9.54. The van der Waals surface area contributed by atoms with E-state index in [1.165, 1.54) is 5.56 Å². The van der Waals surface area contributed by atoms with Gasteiger partial charge in [-0.2, -0.15) is 11.3 Å². The molecule has 0 radical (unpaired) electrons. The Balaban J connectivity index is 1.89. The standard InChI is InChI=1S/C14H19N3OS2/c1-10(2)15-13(18)7-17(3)6-12-9-20-14(16-12)11-4-5-19-8-11/h4-5,8-10H,6-7H2,1-3H3,(H,15,18)/p+1. The van der Waals surface area contributed by atoms with Crippen molar-refractivity contribution in [2.75, 3.05) is 13.6 Å². The lowest BCUT2D eigenvalue weighted by Crippen LogP contribution is -3.09. The molecule has 0 aliphatic carbocycles. The van der Waals surface area contributed by atoms with Gasteiger partial charge in [-0.25, -0.2) is 4.98 Å². The van der Waals surface area contributed by atoms with E-state index < -0.39 is 0 Å². The van der Waals surface area contributed by atoms with E-state index in [1.54, 1.807) is 22.7 Å². The number of rotatable bonds is 6. The maximum absolute atomic E-state index is 11.7. The van der Waals surface area contributed by atoms with Crippen LogP contribution in [-0.4, -0.2) is 30.5 Å². The molecule has 108 valence electrons. The van der Waals surface area contributed by atoms with Gasteiger partial charge in [0, 0.05) is 22.4 Å². The summed E-state index contributed by atoms with van der Waals surface area (Å²) in [5.74, 6) is 0.0887. The van der Waals surface area contributed by atoms with Gasteiger partial charge in [0.15, 0.2) is 6.54 Å². The highest BCUT2D eigenvalue weighted by Gasteiger charge is 2.13. The zero-order valence-corrected chi connectivity index (χ0v) is 13.6. The van der Waals surface area contributed by atoms with E-state index in [1.807, 2.05) is 20.9 Å².